The van der Waals surface area contributed by atoms with E-state index < -0.39 is 0 Å². The number of ether oxygens (including phenoxy) is 1. The molecular weight excluding hydrogens is 270 g/mol. The van der Waals surface area contributed by atoms with Crippen LogP contribution in [0.4, 0.5) is 11.4 Å². The summed E-state index contributed by atoms with van der Waals surface area (Å²) in [6.45, 7) is 6.68. The number of hydrogen-bond donors (Lipinski definition) is 1. The Morgan fingerprint density at radius 3 is 2.71 bits per heavy atom. The number of nitrogens with zero attached hydrogens (tertiary/aromatic N) is 2. The van der Waals surface area contributed by atoms with Gasteiger partial charge in [0.2, 0.25) is 0 Å². The zero-order valence-electron chi connectivity index (χ0n) is 12.2. The van der Waals surface area contributed by atoms with Crippen molar-refractivity contribution in [3.05, 3.63) is 28.3 Å². The van der Waals surface area contributed by atoms with Gasteiger partial charge in [0, 0.05) is 44.0 Å². The molecule has 2 fully saturated rings. The van der Waals surface area contributed by atoms with Crippen LogP contribution in [0.25, 0.3) is 0 Å². The molecule has 1 aromatic carbocycles. The minimum Gasteiger partial charge on any atom is -0.487 e. The molecule has 1 N–H and O–H groups in total. The Bertz CT molecular complexity index is 523. The lowest BCUT2D eigenvalue weighted by Gasteiger charge is -2.20. The van der Waals surface area contributed by atoms with Crippen molar-refractivity contribution in [2.75, 3.05) is 37.7 Å². The molecule has 0 aliphatic carbocycles. The zero-order valence-corrected chi connectivity index (χ0v) is 12.2. The summed E-state index contributed by atoms with van der Waals surface area (Å²) in [6.07, 6.45) is 0.834. The molecule has 2 aliphatic rings. The van der Waals surface area contributed by atoms with Crippen LogP contribution in [0.5, 0.6) is 5.75 Å². The Morgan fingerprint density at radius 1 is 1.38 bits per heavy atom. The van der Waals surface area contributed by atoms with Gasteiger partial charge in [-0.05, 0) is 24.3 Å². The van der Waals surface area contributed by atoms with Gasteiger partial charge in [0.15, 0.2) is 5.75 Å². The fourth-order valence-corrected chi connectivity index (χ4v) is 3.24. The Balaban J connectivity index is 1.81. The molecule has 0 amide bonds. The number of fused-ring (bicyclic) bond motifs is 1. The summed E-state index contributed by atoms with van der Waals surface area (Å²) in [5.41, 5.74) is 1.08. The van der Waals surface area contributed by atoms with Crippen LogP contribution in [0.3, 0.4) is 0 Å². The van der Waals surface area contributed by atoms with Gasteiger partial charge in [0.1, 0.15) is 0 Å². The molecular formula is C15H21N3O3. The summed E-state index contributed by atoms with van der Waals surface area (Å²) in [7, 11) is 0. The Kier molecular flexibility index (Phi) is 3.96. The molecule has 0 aromatic heterocycles. The van der Waals surface area contributed by atoms with E-state index in [1.807, 2.05) is 19.1 Å². The number of hydrogen-bond acceptors (Lipinski definition) is 5. The first kappa shape index (κ1) is 14.1. The van der Waals surface area contributed by atoms with E-state index in [9.17, 15) is 10.1 Å². The first-order valence-corrected chi connectivity index (χ1v) is 7.56. The highest BCUT2D eigenvalue weighted by molar-refractivity contribution is 5.60. The van der Waals surface area contributed by atoms with Gasteiger partial charge < -0.3 is 15.0 Å². The van der Waals surface area contributed by atoms with E-state index in [0.717, 1.165) is 38.3 Å². The van der Waals surface area contributed by atoms with Crippen LogP contribution < -0.4 is 15.0 Å². The van der Waals surface area contributed by atoms with Gasteiger partial charge in [-0.3, -0.25) is 10.1 Å². The van der Waals surface area contributed by atoms with Gasteiger partial charge in [-0.2, -0.15) is 0 Å². The molecule has 0 radical (unpaired) electrons. The molecule has 114 valence electrons. The molecule has 2 unspecified atom stereocenters. The van der Waals surface area contributed by atoms with E-state index in [0.29, 0.717) is 24.2 Å². The molecule has 2 atom stereocenters. The smallest absolute Gasteiger partial charge is 0.311 e. The normalized spacial score (nSPS) is 24.1. The first-order chi connectivity index (χ1) is 10.2. The second kappa shape index (κ2) is 5.89. The summed E-state index contributed by atoms with van der Waals surface area (Å²) in [6, 6.07) is 5.22. The lowest BCUT2D eigenvalue weighted by molar-refractivity contribution is -0.385. The van der Waals surface area contributed by atoms with Gasteiger partial charge in [0.05, 0.1) is 11.5 Å². The van der Waals surface area contributed by atoms with Crippen molar-refractivity contribution < 1.29 is 9.66 Å². The third-order valence-corrected chi connectivity index (χ3v) is 4.36. The molecule has 2 saturated heterocycles. The maximum Gasteiger partial charge on any atom is 0.311 e. The van der Waals surface area contributed by atoms with Crippen LogP contribution in [0, 0.1) is 22.0 Å². The van der Waals surface area contributed by atoms with Crippen molar-refractivity contribution in [1.29, 1.82) is 0 Å². The summed E-state index contributed by atoms with van der Waals surface area (Å²) < 4.78 is 5.56. The predicted octanol–water partition coefficient (Wildman–Crippen LogP) is 2.04. The number of nitrogens with one attached hydrogen (secondary N) is 1. The number of rotatable bonds is 5. The highest BCUT2D eigenvalue weighted by Crippen LogP contribution is 2.36. The molecule has 3 rings (SSSR count). The maximum absolute atomic E-state index is 11.1. The minimum absolute atomic E-state index is 0.0493. The van der Waals surface area contributed by atoms with Crippen LogP contribution in [0.2, 0.25) is 0 Å². The predicted molar refractivity (Wildman–Crippen MR) is 80.9 cm³/mol. The van der Waals surface area contributed by atoms with Gasteiger partial charge in [0.25, 0.3) is 0 Å². The second-order valence-corrected chi connectivity index (χ2v) is 5.84. The number of benzene rings is 1. The molecule has 0 saturated carbocycles. The van der Waals surface area contributed by atoms with Crippen molar-refractivity contribution in [1.82, 2.24) is 5.32 Å². The quantitative estimate of drug-likeness (QED) is 0.664. The number of nitro benzene ring substituents is 1. The molecule has 6 nitrogen and oxygen atoms in total. The Hall–Kier alpha value is -1.82. The average molecular weight is 291 g/mol. The van der Waals surface area contributed by atoms with Gasteiger partial charge in [-0.15, -0.1) is 0 Å². The fraction of sp³-hybridized carbons (Fsp3) is 0.600. The molecule has 1 aromatic rings. The highest BCUT2D eigenvalue weighted by Gasteiger charge is 2.36. The lowest BCUT2D eigenvalue weighted by atomic mass is 10.0. The van der Waals surface area contributed by atoms with Crippen molar-refractivity contribution in [3.8, 4) is 5.75 Å². The average Bonchev–Trinajstić information content (AvgIpc) is 3.05. The van der Waals surface area contributed by atoms with E-state index in [2.05, 4.69) is 10.2 Å². The largest absolute Gasteiger partial charge is 0.487 e. The van der Waals surface area contributed by atoms with Crippen LogP contribution >= 0.6 is 0 Å². The minimum atomic E-state index is -0.378. The van der Waals surface area contributed by atoms with Crippen LogP contribution in [0.1, 0.15) is 13.3 Å². The summed E-state index contributed by atoms with van der Waals surface area (Å²) in [4.78, 5) is 13.0. The molecule has 2 heterocycles. The Morgan fingerprint density at radius 2 is 2.10 bits per heavy atom. The van der Waals surface area contributed by atoms with Gasteiger partial charge in [-0.25, -0.2) is 0 Å². The SMILES string of the molecule is CCCOc1cc(N2CC3CNCC3C2)ccc1[N+](=O)[O-]. The van der Waals surface area contributed by atoms with Crippen LogP contribution in [0.15, 0.2) is 18.2 Å². The molecule has 0 spiro atoms. The van der Waals surface area contributed by atoms with Crippen molar-refractivity contribution in [2.24, 2.45) is 11.8 Å². The first-order valence-electron chi connectivity index (χ1n) is 7.56. The summed E-state index contributed by atoms with van der Waals surface area (Å²) in [5.74, 6) is 1.77. The molecule has 2 aliphatic heterocycles. The zero-order chi connectivity index (χ0) is 14.8. The summed E-state index contributed by atoms with van der Waals surface area (Å²) in [5, 5.41) is 14.5. The van der Waals surface area contributed by atoms with E-state index in [1.54, 1.807) is 6.07 Å². The van der Waals surface area contributed by atoms with Crippen molar-refractivity contribution in [2.45, 2.75) is 13.3 Å². The molecule has 0 bridgehead atoms. The Labute approximate surface area is 124 Å². The molecule has 21 heavy (non-hydrogen) atoms. The van der Waals surface area contributed by atoms with E-state index in [4.69, 9.17) is 4.74 Å². The van der Waals surface area contributed by atoms with Crippen LogP contribution in [-0.2, 0) is 0 Å². The van der Waals surface area contributed by atoms with E-state index in [-0.39, 0.29) is 10.6 Å². The topological polar surface area (TPSA) is 67.6 Å². The third kappa shape index (κ3) is 2.81. The van der Waals surface area contributed by atoms with E-state index >= 15 is 0 Å². The number of nitro groups is 1. The standard InChI is InChI=1S/C15H21N3O3/c1-2-5-21-15-6-13(3-4-14(15)18(19)20)17-9-11-7-16-8-12(11)10-17/h3-4,6,11-12,16H,2,5,7-10H2,1H3. The number of anilines is 1. The van der Waals surface area contributed by atoms with Gasteiger partial charge in [-0.1, -0.05) is 6.92 Å². The fourth-order valence-electron chi connectivity index (χ4n) is 3.24. The maximum atomic E-state index is 11.1. The summed E-state index contributed by atoms with van der Waals surface area (Å²) >= 11 is 0. The lowest BCUT2D eigenvalue weighted by Crippen LogP contribution is -2.25. The monoisotopic (exact) mass is 291 g/mol. The second-order valence-electron chi connectivity index (χ2n) is 5.84. The third-order valence-electron chi connectivity index (χ3n) is 4.36. The van der Waals surface area contributed by atoms with E-state index in [1.165, 1.54) is 0 Å². The highest BCUT2D eigenvalue weighted by atomic mass is 16.6. The van der Waals surface area contributed by atoms with Crippen LogP contribution in [-0.4, -0.2) is 37.7 Å². The van der Waals surface area contributed by atoms with Crippen molar-refractivity contribution in [3.63, 3.8) is 0 Å². The van der Waals surface area contributed by atoms with Gasteiger partial charge >= 0.3 is 5.69 Å². The molecule has 6 heteroatoms. The van der Waals surface area contributed by atoms with Crippen molar-refractivity contribution >= 4 is 11.4 Å².